The highest BCUT2D eigenvalue weighted by Crippen LogP contribution is 2.24. The molecule has 94 valence electrons. The normalized spacial score (nSPS) is 15.8. The molecule has 18 heavy (non-hydrogen) atoms. The summed E-state index contributed by atoms with van der Waals surface area (Å²) in [5, 5.41) is 2.15. The summed E-state index contributed by atoms with van der Waals surface area (Å²) in [6.45, 7) is 2.03. The van der Waals surface area contributed by atoms with Crippen LogP contribution < -0.4 is 10.2 Å². The number of anilines is 1. The van der Waals surface area contributed by atoms with Gasteiger partial charge in [0, 0.05) is 0 Å². The quantitative estimate of drug-likeness (QED) is 0.824. The van der Waals surface area contributed by atoms with Crippen molar-refractivity contribution in [3.8, 4) is 0 Å². The van der Waals surface area contributed by atoms with Crippen LogP contribution in [-0.4, -0.2) is 17.8 Å². The second-order valence-electron chi connectivity index (χ2n) is 4.14. The molecule has 2 rings (SSSR count). The lowest BCUT2D eigenvalue weighted by atomic mass is 10.1. The Morgan fingerprint density at radius 3 is 2.61 bits per heavy atom. The van der Waals surface area contributed by atoms with Crippen molar-refractivity contribution in [2.24, 2.45) is 0 Å². The summed E-state index contributed by atoms with van der Waals surface area (Å²) in [5.74, 6) is -1.03. The standard InChI is InChI=1S/C13H14N2O3/c1-2-5-9-6-3-4-7-10(9)15-12(17)8-11(16)14-13(15)18/h3-4,6-7H,2,5,8H2,1H3,(H,14,16,18). The van der Waals surface area contributed by atoms with Gasteiger partial charge in [0.25, 0.3) is 0 Å². The number of aryl methyl sites for hydroxylation is 1. The Kier molecular flexibility index (Phi) is 3.41. The van der Waals surface area contributed by atoms with Crippen LogP contribution in [-0.2, 0) is 16.0 Å². The number of rotatable bonds is 3. The van der Waals surface area contributed by atoms with E-state index in [0.717, 1.165) is 23.3 Å². The first-order chi connectivity index (χ1) is 8.63. The van der Waals surface area contributed by atoms with Gasteiger partial charge in [0.05, 0.1) is 5.69 Å². The first-order valence-corrected chi connectivity index (χ1v) is 5.88. The topological polar surface area (TPSA) is 66.5 Å². The summed E-state index contributed by atoms with van der Waals surface area (Å²) >= 11 is 0. The summed E-state index contributed by atoms with van der Waals surface area (Å²) < 4.78 is 0. The minimum absolute atomic E-state index is 0.286. The fourth-order valence-electron chi connectivity index (χ4n) is 2.00. The molecule has 1 aliphatic rings. The van der Waals surface area contributed by atoms with Gasteiger partial charge in [-0.1, -0.05) is 31.5 Å². The number of urea groups is 1. The first-order valence-electron chi connectivity index (χ1n) is 5.88. The average Bonchev–Trinajstić information content (AvgIpc) is 2.30. The second kappa shape index (κ2) is 5.00. The molecule has 1 N–H and O–H groups in total. The summed E-state index contributed by atoms with van der Waals surface area (Å²) in [7, 11) is 0. The van der Waals surface area contributed by atoms with Crippen molar-refractivity contribution in [1.29, 1.82) is 0 Å². The van der Waals surface area contributed by atoms with Crippen LogP contribution in [0.2, 0.25) is 0 Å². The lowest BCUT2D eigenvalue weighted by molar-refractivity contribution is -0.128. The van der Waals surface area contributed by atoms with Crippen molar-refractivity contribution in [2.75, 3.05) is 4.90 Å². The SMILES string of the molecule is CCCc1ccccc1N1C(=O)CC(=O)NC1=O. The third-order valence-corrected chi connectivity index (χ3v) is 2.76. The third-order valence-electron chi connectivity index (χ3n) is 2.76. The zero-order chi connectivity index (χ0) is 13.1. The highest BCUT2D eigenvalue weighted by molar-refractivity contribution is 6.26. The molecular formula is C13H14N2O3. The fraction of sp³-hybridized carbons (Fsp3) is 0.308. The van der Waals surface area contributed by atoms with Crippen molar-refractivity contribution in [2.45, 2.75) is 26.2 Å². The van der Waals surface area contributed by atoms with E-state index in [-0.39, 0.29) is 6.42 Å². The van der Waals surface area contributed by atoms with Crippen LogP contribution in [0.5, 0.6) is 0 Å². The van der Waals surface area contributed by atoms with E-state index in [0.29, 0.717) is 5.69 Å². The molecule has 0 saturated carbocycles. The van der Waals surface area contributed by atoms with Crippen LogP contribution in [0.4, 0.5) is 10.5 Å². The molecular weight excluding hydrogens is 232 g/mol. The Hall–Kier alpha value is -2.17. The largest absolute Gasteiger partial charge is 0.335 e. The number of nitrogens with zero attached hydrogens (tertiary/aromatic N) is 1. The minimum atomic E-state index is -0.667. The van der Waals surface area contributed by atoms with Gasteiger partial charge in [-0.25, -0.2) is 9.69 Å². The first kappa shape index (κ1) is 12.3. The van der Waals surface area contributed by atoms with Gasteiger partial charge in [-0.3, -0.25) is 14.9 Å². The van der Waals surface area contributed by atoms with Crippen LogP contribution in [0.15, 0.2) is 24.3 Å². The predicted molar refractivity (Wildman–Crippen MR) is 66.1 cm³/mol. The van der Waals surface area contributed by atoms with Gasteiger partial charge in [0.15, 0.2) is 0 Å². The molecule has 0 atom stereocenters. The Morgan fingerprint density at radius 1 is 1.22 bits per heavy atom. The van der Waals surface area contributed by atoms with Crippen LogP contribution in [0.3, 0.4) is 0 Å². The van der Waals surface area contributed by atoms with E-state index in [1.54, 1.807) is 12.1 Å². The summed E-state index contributed by atoms with van der Waals surface area (Å²) in [6, 6.07) is 6.57. The Morgan fingerprint density at radius 2 is 1.94 bits per heavy atom. The highest BCUT2D eigenvalue weighted by atomic mass is 16.2. The fourth-order valence-corrected chi connectivity index (χ4v) is 2.00. The van der Waals surface area contributed by atoms with Gasteiger partial charge in [-0.05, 0) is 18.1 Å². The van der Waals surface area contributed by atoms with E-state index in [9.17, 15) is 14.4 Å². The van der Waals surface area contributed by atoms with Crippen molar-refractivity contribution in [3.63, 3.8) is 0 Å². The van der Waals surface area contributed by atoms with Gasteiger partial charge < -0.3 is 0 Å². The molecule has 4 amide bonds. The molecule has 0 spiro atoms. The smallest absolute Gasteiger partial charge is 0.277 e. The average molecular weight is 246 g/mol. The van der Waals surface area contributed by atoms with Crippen molar-refractivity contribution in [3.05, 3.63) is 29.8 Å². The number of barbiturate groups is 1. The van der Waals surface area contributed by atoms with E-state index >= 15 is 0 Å². The molecule has 5 heteroatoms. The molecule has 0 unspecified atom stereocenters. The third kappa shape index (κ3) is 2.25. The van der Waals surface area contributed by atoms with Crippen molar-refractivity contribution >= 4 is 23.5 Å². The minimum Gasteiger partial charge on any atom is -0.277 e. The molecule has 1 heterocycles. The van der Waals surface area contributed by atoms with E-state index < -0.39 is 17.8 Å². The van der Waals surface area contributed by atoms with Gasteiger partial charge in [-0.2, -0.15) is 0 Å². The van der Waals surface area contributed by atoms with Gasteiger partial charge in [0.1, 0.15) is 6.42 Å². The molecule has 1 aromatic rings. The molecule has 1 aromatic carbocycles. The monoisotopic (exact) mass is 246 g/mol. The summed E-state index contributed by atoms with van der Waals surface area (Å²) in [6.07, 6.45) is 1.41. The van der Waals surface area contributed by atoms with E-state index in [1.165, 1.54) is 0 Å². The van der Waals surface area contributed by atoms with Crippen LogP contribution in [0.25, 0.3) is 0 Å². The van der Waals surface area contributed by atoms with E-state index in [2.05, 4.69) is 5.32 Å². The number of carbonyl (C=O) groups excluding carboxylic acids is 3. The number of para-hydroxylation sites is 1. The predicted octanol–water partition coefficient (Wildman–Crippen LogP) is 1.61. The maximum Gasteiger partial charge on any atom is 0.335 e. The summed E-state index contributed by atoms with van der Waals surface area (Å²) in [4.78, 5) is 35.7. The number of hydrogen-bond acceptors (Lipinski definition) is 3. The zero-order valence-corrected chi connectivity index (χ0v) is 10.1. The van der Waals surface area contributed by atoms with Gasteiger partial charge in [-0.15, -0.1) is 0 Å². The Labute approximate surface area is 105 Å². The molecule has 1 aliphatic heterocycles. The van der Waals surface area contributed by atoms with Crippen molar-refractivity contribution < 1.29 is 14.4 Å². The lowest BCUT2D eigenvalue weighted by Crippen LogP contribution is -2.53. The van der Waals surface area contributed by atoms with E-state index in [4.69, 9.17) is 0 Å². The lowest BCUT2D eigenvalue weighted by Gasteiger charge is -2.26. The van der Waals surface area contributed by atoms with Gasteiger partial charge >= 0.3 is 6.03 Å². The highest BCUT2D eigenvalue weighted by Gasteiger charge is 2.32. The maximum atomic E-state index is 11.8. The second-order valence-corrected chi connectivity index (χ2v) is 4.14. The number of amides is 4. The maximum absolute atomic E-state index is 11.8. The molecule has 1 fully saturated rings. The molecule has 5 nitrogen and oxygen atoms in total. The molecule has 0 bridgehead atoms. The number of hydrogen-bond donors (Lipinski definition) is 1. The summed E-state index contributed by atoms with van der Waals surface area (Å²) in [5.41, 5.74) is 1.49. The molecule has 0 aromatic heterocycles. The van der Waals surface area contributed by atoms with Crippen LogP contribution in [0.1, 0.15) is 25.3 Å². The number of carbonyl (C=O) groups is 3. The van der Waals surface area contributed by atoms with Crippen molar-refractivity contribution in [1.82, 2.24) is 5.32 Å². The van der Waals surface area contributed by atoms with E-state index in [1.807, 2.05) is 19.1 Å². The van der Waals surface area contributed by atoms with Gasteiger partial charge in [0.2, 0.25) is 11.8 Å². The molecule has 0 radical (unpaired) electrons. The number of nitrogens with one attached hydrogen (secondary N) is 1. The van der Waals surface area contributed by atoms with Crippen LogP contribution in [0, 0.1) is 0 Å². The van der Waals surface area contributed by atoms with Crippen LogP contribution >= 0.6 is 0 Å². The molecule has 1 saturated heterocycles. The molecule has 0 aliphatic carbocycles. The Balaban J connectivity index is 2.38. The number of benzene rings is 1. The number of imide groups is 2. The Bertz CT molecular complexity index is 491. The zero-order valence-electron chi connectivity index (χ0n) is 10.1.